The molecule has 0 aliphatic heterocycles. The number of hydrogen-bond acceptors (Lipinski definition) is 4. The fourth-order valence-electron chi connectivity index (χ4n) is 2.29. The van der Waals surface area contributed by atoms with Crippen LogP contribution in [-0.4, -0.2) is 21.3 Å². The zero-order valence-electron chi connectivity index (χ0n) is 12.4. The number of nitrogens with zero attached hydrogens (tertiary/aromatic N) is 2. The Morgan fingerprint density at radius 1 is 1.04 bits per heavy atom. The minimum absolute atomic E-state index is 0.0104. The average Bonchev–Trinajstić information content (AvgIpc) is 2.53. The lowest BCUT2D eigenvalue weighted by Crippen LogP contribution is -2.30. The molecule has 3 rings (SSSR count). The molecule has 1 aromatic heterocycles. The monoisotopic (exact) mass is 415 g/mol. The summed E-state index contributed by atoms with van der Waals surface area (Å²) in [5.41, 5.74) is 0.247. The van der Waals surface area contributed by atoms with Gasteiger partial charge in [-0.25, -0.2) is 9.55 Å². The van der Waals surface area contributed by atoms with Gasteiger partial charge in [-0.2, -0.15) is 0 Å². The smallest absolute Gasteiger partial charge is 0.269 e. The third kappa shape index (κ3) is 3.75. The van der Waals surface area contributed by atoms with Crippen molar-refractivity contribution in [2.75, 3.05) is 11.2 Å². The summed E-state index contributed by atoms with van der Waals surface area (Å²) in [6.45, 7) is 0. The molecule has 0 atom stereocenters. The summed E-state index contributed by atoms with van der Waals surface area (Å²) in [5.74, 6) is -1.01. The van der Waals surface area contributed by atoms with E-state index in [2.05, 4.69) is 10.3 Å². The maximum atomic E-state index is 12.7. The molecule has 9 heteroatoms. The first-order valence-electron chi connectivity index (χ1n) is 6.93. The molecule has 0 saturated heterocycles. The van der Waals surface area contributed by atoms with E-state index >= 15 is 0 Å². The van der Waals surface area contributed by atoms with E-state index in [4.69, 9.17) is 46.4 Å². The van der Waals surface area contributed by atoms with Crippen LogP contribution < -0.4 is 10.9 Å². The summed E-state index contributed by atoms with van der Waals surface area (Å²) in [5, 5.41) is 4.32. The predicted octanol–water partition coefficient (Wildman–Crippen LogP) is 4.98. The van der Waals surface area contributed by atoms with Crippen LogP contribution in [0.2, 0.25) is 15.1 Å². The van der Waals surface area contributed by atoms with Gasteiger partial charge in [0.25, 0.3) is 11.5 Å². The van der Waals surface area contributed by atoms with Crippen molar-refractivity contribution in [2.24, 2.45) is 0 Å². The fraction of sp³-hybridized carbons (Fsp3) is 0.0625. The summed E-state index contributed by atoms with van der Waals surface area (Å²) in [6, 6.07) is 9.30. The molecule has 0 spiro atoms. The summed E-state index contributed by atoms with van der Waals surface area (Å²) >= 11 is 23.5. The lowest BCUT2D eigenvalue weighted by molar-refractivity contribution is 0.0938. The van der Waals surface area contributed by atoms with E-state index in [1.54, 1.807) is 24.3 Å². The normalized spacial score (nSPS) is 10.9. The van der Waals surface area contributed by atoms with Gasteiger partial charge in [-0.05, 0) is 36.4 Å². The Bertz CT molecular complexity index is 1030. The number of hydrogen-bond donors (Lipinski definition) is 1. The Morgan fingerprint density at radius 2 is 1.72 bits per heavy atom. The molecule has 128 valence electrons. The van der Waals surface area contributed by atoms with Crippen LogP contribution in [0.25, 0.3) is 10.9 Å². The average molecular weight is 417 g/mol. The van der Waals surface area contributed by atoms with E-state index < -0.39 is 11.5 Å². The van der Waals surface area contributed by atoms with Gasteiger partial charge < -0.3 is 5.32 Å². The molecular weight excluding hydrogens is 408 g/mol. The molecule has 25 heavy (non-hydrogen) atoms. The van der Waals surface area contributed by atoms with Crippen LogP contribution in [0.5, 0.6) is 0 Å². The Hall–Kier alpha value is -1.79. The van der Waals surface area contributed by atoms with Gasteiger partial charge in [0.1, 0.15) is 5.88 Å². The first-order chi connectivity index (χ1) is 11.9. The molecule has 5 nitrogen and oxygen atoms in total. The zero-order valence-corrected chi connectivity index (χ0v) is 15.4. The standard InChI is InChI=1S/C16H9Cl4N3O2/c17-7-14(24)23-15(25)12-2-1-8(18)6-13(12)22-16(23)21-11-4-9(19)3-10(20)5-11/h1-6H,7H2,(H,21,22). The summed E-state index contributed by atoms with van der Waals surface area (Å²) in [4.78, 5) is 29.2. The van der Waals surface area contributed by atoms with Crippen molar-refractivity contribution >= 4 is 74.8 Å². The van der Waals surface area contributed by atoms with Crippen LogP contribution in [0.3, 0.4) is 0 Å². The first-order valence-corrected chi connectivity index (χ1v) is 8.60. The highest BCUT2D eigenvalue weighted by molar-refractivity contribution is 6.35. The molecule has 0 unspecified atom stereocenters. The topological polar surface area (TPSA) is 64.0 Å². The highest BCUT2D eigenvalue weighted by Crippen LogP contribution is 2.25. The Labute approximate surface area is 162 Å². The zero-order chi connectivity index (χ0) is 18.1. The largest absolute Gasteiger partial charge is 0.325 e. The number of carbonyl (C=O) groups excluding carboxylic acids is 1. The number of carbonyl (C=O) groups is 1. The van der Waals surface area contributed by atoms with Gasteiger partial charge in [-0.15, -0.1) is 11.6 Å². The van der Waals surface area contributed by atoms with E-state index in [-0.39, 0.29) is 17.2 Å². The van der Waals surface area contributed by atoms with Crippen LogP contribution >= 0.6 is 46.4 Å². The van der Waals surface area contributed by atoms with Gasteiger partial charge >= 0.3 is 0 Å². The quantitative estimate of drug-likeness (QED) is 0.611. The third-order valence-corrected chi connectivity index (χ3v) is 4.21. The van der Waals surface area contributed by atoms with Crippen molar-refractivity contribution in [1.82, 2.24) is 9.55 Å². The highest BCUT2D eigenvalue weighted by Gasteiger charge is 2.17. The summed E-state index contributed by atoms with van der Waals surface area (Å²) in [7, 11) is 0. The van der Waals surface area contributed by atoms with Gasteiger partial charge in [0.2, 0.25) is 5.95 Å². The van der Waals surface area contributed by atoms with Gasteiger partial charge in [-0.1, -0.05) is 34.8 Å². The van der Waals surface area contributed by atoms with E-state index in [0.717, 1.165) is 4.57 Å². The number of alkyl halides is 1. The van der Waals surface area contributed by atoms with E-state index in [1.165, 1.54) is 12.1 Å². The third-order valence-electron chi connectivity index (χ3n) is 3.31. The fourth-order valence-corrected chi connectivity index (χ4v) is 3.10. The van der Waals surface area contributed by atoms with Crippen LogP contribution in [0.15, 0.2) is 41.2 Å². The van der Waals surface area contributed by atoms with Gasteiger partial charge in [-0.3, -0.25) is 9.59 Å². The molecule has 0 aliphatic carbocycles. The highest BCUT2D eigenvalue weighted by atomic mass is 35.5. The van der Waals surface area contributed by atoms with E-state index in [1.807, 2.05) is 0 Å². The van der Waals surface area contributed by atoms with Crippen molar-refractivity contribution in [1.29, 1.82) is 0 Å². The SMILES string of the molecule is O=C(CCl)n1c(Nc2cc(Cl)cc(Cl)c2)nc2cc(Cl)ccc2c1=O. The second-order valence-corrected chi connectivity index (χ2v) is 6.62. The van der Waals surface area contributed by atoms with Gasteiger partial charge in [0.15, 0.2) is 0 Å². The number of halogens is 4. The first kappa shape index (κ1) is 18.0. The van der Waals surface area contributed by atoms with Crippen LogP contribution in [0.4, 0.5) is 11.6 Å². The Balaban J connectivity index is 2.24. The molecule has 0 aliphatic rings. The molecule has 0 radical (unpaired) electrons. The van der Waals surface area contributed by atoms with Crippen LogP contribution in [-0.2, 0) is 0 Å². The molecule has 2 aromatic carbocycles. The minimum atomic E-state index is -0.619. The van der Waals surface area contributed by atoms with Crippen molar-refractivity contribution in [3.05, 3.63) is 61.8 Å². The molecule has 0 fully saturated rings. The number of benzene rings is 2. The molecule has 3 aromatic rings. The van der Waals surface area contributed by atoms with Crippen molar-refractivity contribution in [2.45, 2.75) is 0 Å². The predicted molar refractivity (Wildman–Crippen MR) is 102 cm³/mol. The second kappa shape index (κ2) is 7.22. The molecular formula is C16H9Cl4N3O2. The summed E-state index contributed by atoms with van der Waals surface area (Å²) in [6.07, 6.45) is 0. The van der Waals surface area contributed by atoms with E-state index in [9.17, 15) is 9.59 Å². The lowest BCUT2D eigenvalue weighted by atomic mass is 10.2. The molecule has 0 amide bonds. The lowest BCUT2D eigenvalue weighted by Gasteiger charge is -2.13. The molecule has 1 heterocycles. The number of aromatic nitrogens is 2. The van der Waals surface area contributed by atoms with Crippen LogP contribution in [0.1, 0.15) is 4.79 Å². The number of anilines is 2. The van der Waals surface area contributed by atoms with Crippen molar-refractivity contribution in [3.8, 4) is 0 Å². The van der Waals surface area contributed by atoms with Crippen molar-refractivity contribution < 1.29 is 4.79 Å². The van der Waals surface area contributed by atoms with Gasteiger partial charge in [0.05, 0.1) is 10.9 Å². The van der Waals surface area contributed by atoms with Crippen LogP contribution in [0, 0.1) is 0 Å². The molecule has 0 bridgehead atoms. The summed E-state index contributed by atoms with van der Waals surface area (Å²) < 4.78 is 0.873. The van der Waals surface area contributed by atoms with E-state index in [0.29, 0.717) is 26.3 Å². The second-order valence-electron chi connectivity index (χ2n) is 5.05. The number of rotatable bonds is 3. The van der Waals surface area contributed by atoms with Gasteiger partial charge in [0, 0.05) is 20.8 Å². The molecule has 0 saturated carbocycles. The number of fused-ring (bicyclic) bond motifs is 1. The number of nitrogens with one attached hydrogen (secondary N) is 1. The van der Waals surface area contributed by atoms with Crippen molar-refractivity contribution in [3.63, 3.8) is 0 Å². The minimum Gasteiger partial charge on any atom is -0.325 e. The maximum absolute atomic E-state index is 12.7. The Kier molecular flexibility index (Phi) is 5.20. The maximum Gasteiger partial charge on any atom is 0.269 e. The molecule has 1 N–H and O–H groups in total. The Morgan fingerprint density at radius 3 is 2.36 bits per heavy atom.